The van der Waals surface area contributed by atoms with Crippen molar-refractivity contribution >= 4 is 5.84 Å². The molecule has 4 heteroatoms. The Kier molecular flexibility index (Phi) is 0.651. The standard InChI is InChI=1S/C3H4N4/c1-2-3(4)6-7-5-2/h1H2,(H2,4,5,6). The van der Waals surface area contributed by atoms with Gasteiger partial charge in [-0.2, -0.15) is 0 Å². The number of amidine groups is 1. The summed E-state index contributed by atoms with van der Waals surface area (Å²) in [6.45, 7) is 3.42. The van der Waals surface area contributed by atoms with Gasteiger partial charge in [-0.1, -0.05) is 6.58 Å². The Morgan fingerprint density at radius 2 is 2.29 bits per heavy atom. The molecule has 0 aromatic heterocycles. The van der Waals surface area contributed by atoms with Crippen molar-refractivity contribution in [3.8, 4) is 0 Å². The molecule has 0 bridgehead atoms. The fourth-order valence-corrected chi connectivity index (χ4v) is 0.233. The second-order valence-corrected chi connectivity index (χ2v) is 1.12. The number of nitrogens with zero attached hydrogens (tertiary/aromatic N) is 3. The molecule has 0 fully saturated rings. The fraction of sp³-hybridized carbons (Fsp3) is 0. The molecule has 0 amide bonds. The van der Waals surface area contributed by atoms with Crippen LogP contribution in [0.2, 0.25) is 0 Å². The molecule has 0 radical (unpaired) electrons. The van der Waals surface area contributed by atoms with Gasteiger partial charge in [0.25, 0.3) is 0 Å². The molecule has 1 heterocycles. The van der Waals surface area contributed by atoms with Crippen LogP contribution in [0.1, 0.15) is 0 Å². The summed E-state index contributed by atoms with van der Waals surface area (Å²) in [6.07, 6.45) is 0. The van der Waals surface area contributed by atoms with E-state index < -0.39 is 0 Å². The third-order valence-electron chi connectivity index (χ3n) is 0.614. The average Bonchev–Trinajstić information content (AvgIpc) is 1.91. The Balaban J connectivity index is 2.89. The van der Waals surface area contributed by atoms with Crippen LogP contribution in [0, 0.1) is 0 Å². The lowest BCUT2D eigenvalue weighted by Gasteiger charge is -1.80. The van der Waals surface area contributed by atoms with Crippen molar-refractivity contribution < 1.29 is 0 Å². The maximum Gasteiger partial charge on any atom is 0.175 e. The molecule has 0 saturated carbocycles. The number of hydrogen-bond acceptors (Lipinski definition) is 4. The monoisotopic (exact) mass is 96.0 g/mol. The largest absolute Gasteiger partial charge is 0.380 e. The molecular weight excluding hydrogens is 92.1 g/mol. The van der Waals surface area contributed by atoms with Crippen molar-refractivity contribution in [2.75, 3.05) is 0 Å². The molecule has 0 aliphatic carbocycles. The summed E-state index contributed by atoms with van der Waals surface area (Å²) < 4.78 is 0. The molecule has 4 nitrogen and oxygen atoms in total. The predicted molar refractivity (Wildman–Crippen MR) is 25.6 cm³/mol. The van der Waals surface area contributed by atoms with Crippen LogP contribution in [-0.4, -0.2) is 5.84 Å². The molecule has 7 heavy (non-hydrogen) atoms. The average molecular weight is 96.1 g/mol. The Morgan fingerprint density at radius 1 is 1.57 bits per heavy atom. The lowest BCUT2D eigenvalue weighted by molar-refractivity contribution is 1.10. The zero-order valence-electron chi connectivity index (χ0n) is 3.63. The van der Waals surface area contributed by atoms with E-state index in [0.717, 1.165) is 0 Å². The van der Waals surface area contributed by atoms with E-state index in [1.54, 1.807) is 0 Å². The molecule has 1 aliphatic heterocycles. The van der Waals surface area contributed by atoms with E-state index in [9.17, 15) is 0 Å². The van der Waals surface area contributed by atoms with Gasteiger partial charge in [0.2, 0.25) is 0 Å². The Hall–Kier alpha value is -1.19. The molecule has 0 unspecified atom stereocenters. The molecule has 0 aromatic rings. The van der Waals surface area contributed by atoms with Crippen LogP contribution in [-0.2, 0) is 0 Å². The number of nitrogens with two attached hydrogens (primary N) is 1. The Labute approximate surface area is 40.4 Å². The van der Waals surface area contributed by atoms with Crippen LogP contribution >= 0.6 is 0 Å². The van der Waals surface area contributed by atoms with E-state index >= 15 is 0 Å². The summed E-state index contributed by atoms with van der Waals surface area (Å²) in [5.41, 5.74) is 5.59. The molecule has 0 aromatic carbocycles. The molecule has 36 valence electrons. The van der Waals surface area contributed by atoms with Crippen molar-refractivity contribution in [2.45, 2.75) is 0 Å². The van der Waals surface area contributed by atoms with Gasteiger partial charge in [-0.25, -0.2) is 0 Å². The van der Waals surface area contributed by atoms with E-state index in [1.165, 1.54) is 0 Å². The first-order valence-corrected chi connectivity index (χ1v) is 1.74. The van der Waals surface area contributed by atoms with E-state index in [-0.39, 0.29) is 0 Å². The highest BCUT2D eigenvalue weighted by atomic mass is 15.4. The summed E-state index contributed by atoms with van der Waals surface area (Å²) in [5.74, 6) is 0.306. The lowest BCUT2D eigenvalue weighted by atomic mass is 10.5. The minimum absolute atomic E-state index is 0.306. The minimum Gasteiger partial charge on any atom is -0.380 e. The highest BCUT2D eigenvalue weighted by molar-refractivity contribution is 5.96. The first kappa shape index (κ1) is 3.98. The quantitative estimate of drug-likeness (QED) is 0.461. The van der Waals surface area contributed by atoms with Crippen LogP contribution in [0.25, 0.3) is 0 Å². The molecule has 0 spiro atoms. The number of rotatable bonds is 0. The van der Waals surface area contributed by atoms with Crippen LogP contribution < -0.4 is 5.73 Å². The van der Waals surface area contributed by atoms with Crippen LogP contribution in [0.5, 0.6) is 0 Å². The van der Waals surface area contributed by atoms with Gasteiger partial charge < -0.3 is 5.73 Å². The maximum absolute atomic E-state index is 5.14. The van der Waals surface area contributed by atoms with Crippen LogP contribution in [0.15, 0.2) is 27.7 Å². The Bertz CT molecular complexity index is 154. The highest BCUT2D eigenvalue weighted by Crippen LogP contribution is 2.00. The van der Waals surface area contributed by atoms with E-state index in [4.69, 9.17) is 5.73 Å². The van der Waals surface area contributed by atoms with Gasteiger partial charge in [0.1, 0.15) is 5.70 Å². The lowest BCUT2D eigenvalue weighted by Crippen LogP contribution is -2.08. The maximum atomic E-state index is 5.14. The van der Waals surface area contributed by atoms with Gasteiger partial charge in [0, 0.05) is 0 Å². The zero-order chi connectivity index (χ0) is 5.28. The fourth-order valence-electron chi connectivity index (χ4n) is 0.233. The molecular formula is C3H4N4. The van der Waals surface area contributed by atoms with Crippen molar-refractivity contribution in [1.82, 2.24) is 0 Å². The van der Waals surface area contributed by atoms with Gasteiger partial charge in [-0.15, -0.1) is 10.2 Å². The van der Waals surface area contributed by atoms with E-state index in [1.807, 2.05) is 0 Å². The second-order valence-electron chi connectivity index (χ2n) is 1.12. The normalized spacial score (nSPS) is 17.7. The summed E-state index contributed by atoms with van der Waals surface area (Å²) in [6, 6.07) is 0. The van der Waals surface area contributed by atoms with E-state index in [0.29, 0.717) is 11.5 Å². The van der Waals surface area contributed by atoms with Gasteiger partial charge in [-0.05, 0) is 5.22 Å². The van der Waals surface area contributed by atoms with Gasteiger partial charge in [0.05, 0.1) is 0 Å². The first-order chi connectivity index (χ1) is 3.30. The third-order valence-corrected chi connectivity index (χ3v) is 0.614. The highest BCUT2D eigenvalue weighted by Gasteiger charge is 2.00. The molecule has 0 saturated heterocycles. The predicted octanol–water partition coefficient (Wildman–Crippen LogP) is 0.238. The van der Waals surface area contributed by atoms with Gasteiger partial charge in [0.15, 0.2) is 5.84 Å². The summed E-state index contributed by atoms with van der Waals surface area (Å²) in [4.78, 5) is 0. The third kappa shape index (κ3) is 0.489. The summed E-state index contributed by atoms with van der Waals surface area (Å²) in [5, 5.41) is 10.0. The minimum atomic E-state index is 0.306. The van der Waals surface area contributed by atoms with Crippen LogP contribution in [0.4, 0.5) is 0 Å². The van der Waals surface area contributed by atoms with Crippen molar-refractivity contribution in [2.24, 2.45) is 21.2 Å². The topological polar surface area (TPSA) is 63.1 Å². The van der Waals surface area contributed by atoms with Gasteiger partial charge >= 0.3 is 0 Å². The second kappa shape index (κ2) is 1.14. The summed E-state index contributed by atoms with van der Waals surface area (Å²) in [7, 11) is 0. The first-order valence-electron chi connectivity index (χ1n) is 1.74. The van der Waals surface area contributed by atoms with Gasteiger partial charge in [-0.3, -0.25) is 0 Å². The Morgan fingerprint density at radius 3 is 2.43 bits per heavy atom. The molecule has 2 N–H and O–H groups in total. The van der Waals surface area contributed by atoms with Crippen molar-refractivity contribution in [3.63, 3.8) is 0 Å². The van der Waals surface area contributed by atoms with E-state index in [2.05, 4.69) is 22.0 Å². The molecule has 0 atom stereocenters. The molecule has 1 rings (SSSR count). The van der Waals surface area contributed by atoms with Crippen LogP contribution in [0.3, 0.4) is 0 Å². The smallest absolute Gasteiger partial charge is 0.175 e. The zero-order valence-corrected chi connectivity index (χ0v) is 3.63. The molecule has 1 aliphatic rings. The number of hydrogen-bond donors (Lipinski definition) is 1. The van der Waals surface area contributed by atoms with Crippen molar-refractivity contribution in [3.05, 3.63) is 12.3 Å². The summed E-state index contributed by atoms with van der Waals surface area (Å²) >= 11 is 0. The SMILES string of the molecule is C=C1N=NN=C1N. The van der Waals surface area contributed by atoms with Crippen molar-refractivity contribution in [1.29, 1.82) is 0 Å².